The van der Waals surface area contributed by atoms with Crippen molar-refractivity contribution >= 4 is 34.5 Å². The smallest absolute Gasteiger partial charge is 0.263 e. The van der Waals surface area contributed by atoms with Crippen LogP contribution in [0.15, 0.2) is 73.1 Å². The van der Waals surface area contributed by atoms with Crippen LogP contribution in [0.3, 0.4) is 0 Å². The van der Waals surface area contributed by atoms with E-state index in [4.69, 9.17) is 10.5 Å². The highest BCUT2D eigenvalue weighted by molar-refractivity contribution is 7.17. The second kappa shape index (κ2) is 14.1. The van der Waals surface area contributed by atoms with Crippen molar-refractivity contribution in [2.75, 3.05) is 26.2 Å². The van der Waals surface area contributed by atoms with E-state index in [1.807, 2.05) is 74.5 Å². The number of hydrogen-bond donors (Lipinski definition) is 2. The second-order valence-corrected chi connectivity index (χ2v) is 13.0. The Kier molecular flexibility index (Phi) is 9.85. The minimum Gasteiger partial charge on any atom is -0.346 e. The largest absolute Gasteiger partial charge is 0.346 e. The fourth-order valence-corrected chi connectivity index (χ4v) is 6.79. The molecule has 0 saturated carbocycles. The Morgan fingerprint density at radius 2 is 1.09 bits per heavy atom. The zero-order chi connectivity index (χ0) is 31.1. The number of hydrogen-bond acceptors (Lipinski definition) is 10. The van der Waals surface area contributed by atoms with Crippen LogP contribution in [-0.2, 0) is 0 Å². The van der Waals surface area contributed by atoms with E-state index in [9.17, 15) is 9.59 Å². The second-order valence-electron chi connectivity index (χ2n) is 10.9. The number of amides is 2. The van der Waals surface area contributed by atoms with E-state index in [2.05, 4.69) is 33.0 Å². The number of thiazole rings is 2. The summed E-state index contributed by atoms with van der Waals surface area (Å²) < 4.78 is 0. The van der Waals surface area contributed by atoms with E-state index in [1.165, 1.54) is 22.7 Å². The van der Waals surface area contributed by atoms with Crippen LogP contribution in [0.4, 0.5) is 0 Å². The molecule has 2 fully saturated rings. The van der Waals surface area contributed by atoms with Gasteiger partial charge in [-0.05, 0) is 11.8 Å². The summed E-state index contributed by atoms with van der Waals surface area (Å²) in [6, 6.07) is 19.6. The van der Waals surface area contributed by atoms with Gasteiger partial charge in [-0.3, -0.25) is 9.59 Å². The molecular formula is C32H32N8O2S2. The van der Waals surface area contributed by atoms with Crippen molar-refractivity contribution in [2.45, 2.75) is 25.9 Å². The zero-order valence-electron chi connectivity index (χ0n) is 24.4. The van der Waals surface area contributed by atoms with Crippen LogP contribution < -0.4 is 10.6 Å². The monoisotopic (exact) mass is 624 g/mol. The molecule has 10 nitrogen and oxygen atoms in total. The lowest BCUT2D eigenvalue weighted by molar-refractivity contribution is 0.0927. The summed E-state index contributed by atoms with van der Waals surface area (Å²) in [4.78, 5) is 37.9. The average Bonchev–Trinajstić information content (AvgIpc) is 3.86. The van der Waals surface area contributed by atoms with Gasteiger partial charge in [0.1, 0.15) is 19.8 Å². The molecule has 224 valence electrons. The third-order valence-electron chi connectivity index (χ3n) is 7.64. The maximum atomic E-state index is 12.3. The Morgan fingerprint density at radius 1 is 0.705 bits per heavy atom. The minimum absolute atomic E-state index is 0.00873. The molecule has 2 amide bonds. The Balaban J connectivity index is 0.000000175. The van der Waals surface area contributed by atoms with Gasteiger partial charge in [-0.2, -0.15) is 10.5 Å². The van der Waals surface area contributed by atoms with Gasteiger partial charge in [-0.25, -0.2) is 9.97 Å². The van der Waals surface area contributed by atoms with E-state index in [1.54, 1.807) is 22.2 Å². The zero-order valence-corrected chi connectivity index (χ0v) is 26.0. The first kappa shape index (κ1) is 30.7. The van der Waals surface area contributed by atoms with E-state index in [0.717, 1.165) is 21.1 Å². The first-order valence-electron chi connectivity index (χ1n) is 14.3. The highest BCUT2D eigenvalue weighted by Gasteiger charge is 2.32. The number of likely N-dealkylation sites (tertiary alicyclic amines) is 2. The van der Waals surface area contributed by atoms with Gasteiger partial charge < -0.3 is 20.4 Å². The normalized spacial score (nSPS) is 20.6. The molecule has 6 rings (SSSR count). The van der Waals surface area contributed by atoms with E-state index in [-0.39, 0.29) is 35.7 Å². The molecule has 2 aromatic heterocycles. The number of rotatable bonds is 6. The third-order valence-corrected chi connectivity index (χ3v) is 9.73. The van der Waals surface area contributed by atoms with E-state index in [0.29, 0.717) is 35.9 Å². The van der Waals surface area contributed by atoms with E-state index >= 15 is 0 Å². The van der Waals surface area contributed by atoms with Crippen LogP contribution in [0.1, 0.15) is 33.2 Å². The lowest BCUT2D eigenvalue weighted by Crippen LogP contribution is -2.39. The quantitative estimate of drug-likeness (QED) is 0.295. The third kappa shape index (κ3) is 7.40. The van der Waals surface area contributed by atoms with Crippen molar-refractivity contribution in [3.63, 3.8) is 0 Å². The molecule has 4 atom stereocenters. The number of nitrogens with one attached hydrogen (secondary N) is 2. The summed E-state index contributed by atoms with van der Waals surface area (Å²) in [5.41, 5.74) is 2.02. The predicted octanol–water partition coefficient (Wildman–Crippen LogP) is 4.68. The molecule has 0 unspecified atom stereocenters. The lowest BCUT2D eigenvalue weighted by Gasteiger charge is -2.14. The highest BCUT2D eigenvalue weighted by atomic mass is 32.1. The Bertz CT molecular complexity index is 1540. The van der Waals surface area contributed by atoms with Crippen LogP contribution in [0, 0.1) is 34.7 Å². The summed E-state index contributed by atoms with van der Waals surface area (Å²) in [7, 11) is 0. The van der Waals surface area contributed by atoms with Crippen molar-refractivity contribution in [1.29, 1.82) is 10.5 Å². The Hall–Kier alpha value is -4.78. The summed E-state index contributed by atoms with van der Waals surface area (Å²) in [5, 5.41) is 25.6. The lowest BCUT2D eigenvalue weighted by atomic mass is 10.1. The van der Waals surface area contributed by atoms with Gasteiger partial charge in [-0.15, -0.1) is 22.7 Å². The molecule has 0 spiro atoms. The van der Waals surface area contributed by atoms with Crippen molar-refractivity contribution in [2.24, 2.45) is 11.8 Å². The van der Waals surface area contributed by atoms with Crippen LogP contribution in [0.2, 0.25) is 0 Å². The number of nitrogens with zero attached hydrogens (tertiary/aromatic N) is 6. The SMILES string of the molecule is C[C@@H]1CN(C#N)C[C@H]1NC(=O)c1cnc(-c2ccccc2)s1.C[C@H]1CN(C#N)C[C@@H]1NC(=O)c1cnc(-c2ccccc2)s1. The average molecular weight is 625 g/mol. The molecule has 0 radical (unpaired) electrons. The molecule has 44 heavy (non-hydrogen) atoms. The van der Waals surface area contributed by atoms with Gasteiger partial charge >= 0.3 is 0 Å². The molecule has 2 aliphatic rings. The Morgan fingerprint density at radius 3 is 1.43 bits per heavy atom. The number of aromatic nitrogens is 2. The number of carbonyl (C=O) groups is 2. The Labute approximate surface area is 264 Å². The van der Waals surface area contributed by atoms with Crippen molar-refractivity contribution in [3.8, 4) is 33.5 Å². The minimum atomic E-state index is -0.115. The van der Waals surface area contributed by atoms with E-state index < -0.39 is 0 Å². The van der Waals surface area contributed by atoms with Gasteiger partial charge in [-0.1, -0.05) is 74.5 Å². The molecule has 0 aliphatic carbocycles. The molecule has 2 aromatic carbocycles. The molecule has 4 aromatic rings. The van der Waals surface area contributed by atoms with Crippen molar-refractivity contribution in [3.05, 3.63) is 82.8 Å². The van der Waals surface area contributed by atoms with Crippen LogP contribution in [-0.4, -0.2) is 69.8 Å². The summed E-state index contributed by atoms with van der Waals surface area (Å²) >= 11 is 2.77. The topological polar surface area (TPSA) is 138 Å². The van der Waals surface area contributed by atoms with Gasteiger partial charge in [0.05, 0.1) is 24.5 Å². The maximum absolute atomic E-state index is 12.3. The summed E-state index contributed by atoms with van der Waals surface area (Å²) in [6.45, 7) is 6.63. The van der Waals surface area contributed by atoms with Crippen molar-refractivity contribution in [1.82, 2.24) is 30.4 Å². The number of carbonyl (C=O) groups excluding carboxylic acids is 2. The number of nitriles is 2. The van der Waals surface area contributed by atoms with Gasteiger partial charge in [0.25, 0.3) is 11.8 Å². The molecule has 2 saturated heterocycles. The van der Waals surface area contributed by atoms with Gasteiger partial charge in [0, 0.05) is 37.3 Å². The summed E-state index contributed by atoms with van der Waals surface area (Å²) in [6.07, 6.45) is 7.50. The molecule has 0 bridgehead atoms. The van der Waals surface area contributed by atoms with Crippen LogP contribution in [0.25, 0.3) is 21.1 Å². The fourth-order valence-electron chi connectivity index (χ4n) is 5.14. The molecule has 12 heteroatoms. The number of benzene rings is 2. The first-order chi connectivity index (χ1) is 21.3. The molecule has 4 heterocycles. The standard InChI is InChI=1S/2C16H16N4OS/c2*1-11-8-20(10-17)9-13(11)19-15(21)14-7-18-16(22-14)12-5-3-2-4-6-12/h2*2-7,11,13H,8-9H2,1H3,(H,19,21)/t2*11-,13-/m10/s1. The molecule has 2 N–H and O–H groups in total. The molecular weight excluding hydrogens is 593 g/mol. The van der Waals surface area contributed by atoms with Crippen LogP contribution in [0.5, 0.6) is 0 Å². The van der Waals surface area contributed by atoms with Crippen LogP contribution >= 0.6 is 22.7 Å². The maximum Gasteiger partial charge on any atom is 0.263 e. The molecule has 2 aliphatic heterocycles. The van der Waals surface area contributed by atoms with Gasteiger partial charge in [0.15, 0.2) is 12.4 Å². The predicted molar refractivity (Wildman–Crippen MR) is 170 cm³/mol. The van der Waals surface area contributed by atoms with Gasteiger partial charge in [0.2, 0.25) is 0 Å². The van der Waals surface area contributed by atoms with Crippen molar-refractivity contribution < 1.29 is 9.59 Å². The summed E-state index contributed by atoms with van der Waals surface area (Å²) in [5.74, 6) is 0.308. The highest BCUT2D eigenvalue weighted by Crippen LogP contribution is 2.26. The fraction of sp³-hybridized carbons (Fsp3) is 0.312. The first-order valence-corrected chi connectivity index (χ1v) is 15.9.